The second-order valence-corrected chi connectivity index (χ2v) is 8.61. The number of benzene rings is 2. The molecule has 0 saturated carbocycles. The first-order chi connectivity index (χ1) is 17.1. The van der Waals surface area contributed by atoms with E-state index in [0.29, 0.717) is 40.1 Å². The van der Waals surface area contributed by atoms with Crippen LogP contribution in [0, 0.1) is 0 Å². The van der Waals surface area contributed by atoms with Crippen LogP contribution >= 0.6 is 0 Å². The van der Waals surface area contributed by atoms with Gasteiger partial charge in [-0.15, -0.1) is 0 Å². The summed E-state index contributed by atoms with van der Waals surface area (Å²) < 4.78 is 40.4. The molecule has 182 valence electrons. The fraction of sp³-hybridized carbons (Fsp3) is 0.346. The van der Waals surface area contributed by atoms with Crippen LogP contribution in [0.1, 0.15) is 39.2 Å². The van der Waals surface area contributed by atoms with Gasteiger partial charge in [-0.3, -0.25) is 4.90 Å². The van der Waals surface area contributed by atoms with Crippen LogP contribution in [-0.2, 0) is 11.2 Å². The molecular formula is C26H25NO8. The first kappa shape index (κ1) is 21.7. The van der Waals surface area contributed by atoms with Gasteiger partial charge in [0.2, 0.25) is 12.5 Å². The van der Waals surface area contributed by atoms with Crippen LogP contribution in [0.15, 0.2) is 34.9 Å². The van der Waals surface area contributed by atoms with Crippen molar-refractivity contribution in [3.63, 3.8) is 0 Å². The highest BCUT2D eigenvalue weighted by atomic mass is 16.7. The third-order valence-electron chi connectivity index (χ3n) is 6.98. The number of cyclic esters (lactones) is 1. The first-order valence-electron chi connectivity index (χ1n) is 11.3. The van der Waals surface area contributed by atoms with Gasteiger partial charge in [0, 0.05) is 17.7 Å². The minimum atomic E-state index is -0.597. The van der Waals surface area contributed by atoms with E-state index in [1.54, 1.807) is 19.4 Å². The maximum absolute atomic E-state index is 13.1. The highest BCUT2D eigenvalue weighted by Gasteiger charge is 2.47. The van der Waals surface area contributed by atoms with Crippen molar-refractivity contribution in [2.24, 2.45) is 0 Å². The molecule has 1 aromatic heterocycles. The van der Waals surface area contributed by atoms with E-state index in [2.05, 4.69) is 4.90 Å². The molecule has 2 atom stereocenters. The molecule has 9 heteroatoms. The molecule has 4 heterocycles. The van der Waals surface area contributed by atoms with E-state index >= 15 is 0 Å². The van der Waals surface area contributed by atoms with E-state index < -0.39 is 12.1 Å². The zero-order valence-electron chi connectivity index (χ0n) is 19.9. The Kier molecular flexibility index (Phi) is 5.03. The molecule has 0 N–H and O–H groups in total. The van der Waals surface area contributed by atoms with Crippen molar-refractivity contribution >= 4 is 5.97 Å². The summed E-state index contributed by atoms with van der Waals surface area (Å²) in [6, 6.07) is 7.05. The quantitative estimate of drug-likeness (QED) is 0.501. The van der Waals surface area contributed by atoms with Crippen molar-refractivity contribution in [3.05, 3.63) is 52.8 Å². The van der Waals surface area contributed by atoms with E-state index in [9.17, 15) is 4.79 Å². The number of ether oxygens (including phenoxy) is 6. The number of likely N-dealkylation sites (N-methyl/N-ethyl adjacent to an activating group) is 1. The Labute approximate surface area is 202 Å². The normalized spacial score (nSPS) is 20.3. The molecule has 1 unspecified atom stereocenters. The Morgan fingerprint density at radius 3 is 2.49 bits per heavy atom. The fourth-order valence-corrected chi connectivity index (χ4v) is 5.51. The summed E-state index contributed by atoms with van der Waals surface area (Å²) in [6.07, 6.45) is 1.76. The number of methoxy groups -OCH3 is 3. The van der Waals surface area contributed by atoms with Crippen molar-refractivity contribution in [1.29, 1.82) is 0 Å². The fourth-order valence-electron chi connectivity index (χ4n) is 5.51. The van der Waals surface area contributed by atoms with Gasteiger partial charge in [0.25, 0.3) is 0 Å². The van der Waals surface area contributed by atoms with Crippen LogP contribution in [0.25, 0.3) is 11.3 Å². The summed E-state index contributed by atoms with van der Waals surface area (Å²) in [6.45, 7) is 0.811. The lowest BCUT2D eigenvalue weighted by atomic mass is 9.82. The number of carbonyl (C=O) groups is 1. The van der Waals surface area contributed by atoms with Crippen molar-refractivity contribution in [1.82, 2.24) is 4.90 Å². The van der Waals surface area contributed by atoms with Gasteiger partial charge < -0.3 is 32.8 Å². The molecule has 0 saturated heterocycles. The van der Waals surface area contributed by atoms with Gasteiger partial charge in [-0.2, -0.15) is 0 Å². The molecule has 3 aliphatic heterocycles. The SMILES string of the molecule is COc1ccc2c(c1OC)C(=O)OC2[C@H]1c2c(c(-c3ccco3)c3c(c2OC)OCO3)CCN1C. The Hall–Kier alpha value is -3.85. The molecule has 0 fully saturated rings. The monoisotopic (exact) mass is 479 g/mol. The number of rotatable bonds is 5. The van der Waals surface area contributed by atoms with E-state index in [1.165, 1.54) is 14.2 Å². The number of fused-ring (bicyclic) bond motifs is 3. The summed E-state index contributed by atoms with van der Waals surface area (Å²) in [5.74, 6) is 2.78. The van der Waals surface area contributed by atoms with Crippen LogP contribution in [-0.4, -0.2) is 52.6 Å². The Bertz CT molecular complexity index is 1320. The molecule has 35 heavy (non-hydrogen) atoms. The second kappa shape index (κ2) is 8.13. The minimum absolute atomic E-state index is 0.0844. The summed E-state index contributed by atoms with van der Waals surface area (Å²) in [5, 5.41) is 0. The predicted octanol–water partition coefficient (Wildman–Crippen LogP) is 4.14. The number of hydrogen-bond donors (Lipinski definition) is 0. The predicted molar refractivity (Wildman–Crippen MR) is 124 cm³/mol. The van der Waals surface area contributed by atoms with E-state index in [4.69, 9.17) is 32.8 Å². The standard InChI is InChI=1S/C26H25NO8/c1-27-10-9-13-17(15-6-5-11-32-15)24-25(34-12-33-24)23(31-4)18(13)20(27)21-14-7-8-16(29-2)22(30-3)19(14)26(28)35-21/h5-8,11,20-21H,9-10,12H2,1-4H3/t20-,21?/m1/s1. The molecule has 3 aliphatic rings. The molecule has 3 aromatic rings. The molecule has 0 aliphatic carbocycles. The maximum atomic E-state index is 13.1. The number of hydrogen-bond acceptors (Lipinski definition) is 9. The minimum Gasteiger partial charge on any atom is -0.493 e. The van der Waals surface area contributed by atoms with Crippen molar-refractivity contribution in [2.75, 3.05) is 41.7 Å². The summed E-state index contributed by atoms with van der Waals surface area (Å²) >= 11 is 0. The average molecular weight is 479 g/mol. The lowest BCUT2D eigenvalue weighted by molar-refractivity contribution is 0.00877. The highest BCUT2D eigenvalue weighted by Crippen LogP contribution is 2.58. The third-order valence-corrected chi connectivity index (χ3v) is 6.98. The van der Waals surface area contributed by atoms with Crippen LogP contribution in [0.4, 0.5) is 0 Å². The van der Waals surface area contributed by atoms with Gasteiger partial charge in [-0.1, -0.05) is 6.07 Å². The third kappa shape index (κ3) is 3.01. The number of nitrogens with zero attached hydrogens (tertiary/aromatic N) is 1. The molecule has 2 aromatic carbocycles. The maximum Gasteiger partial charge on any atom is 0.343 e. The topological polar surface area (TPSA) is 88.8 Å². The van der Waals surface area contributed by atoms with Crippen LogP contribution in [0.5, 0.6) is 28.7 Å². The number of esters is 1. The Morgan fingerprint density at radius 2 is 1.77 bits per heavy atom. The molecule has 0 amide bonds. The van der Waals surface area contributed by atoms with Gasteiger partial charge in [-0.25, -0.2) is 4.79 Å². The molecule has 0 bridgehead atoms. The molecule has 0 radical (unpaired) electrons. The van der Waals surface area contributed by atoms with Gasteiger partial charge in [0.15, 0.2) is 23.0 Å². The molecule has 6 rings (SSSR count). The van der Waals surface area contributed by atoms with Gasteiger partial charge in [-0.05, 0) is 37.2 Å². The van der Waals surface area contributed by atoms with Crippen molar-refractivity contribution < 1.29 is 37.6 Å². The van der Waals surface area contributed by atoms with Crippen LogP contribution in [0.2, 0.25) is 0 Å². The Balaban J connectivity index is 1.59. The lowest BCUT2D eigenvalue weighted by Crippen LogP contribution is -2.36. The number of furan rings is 1. The zero-order valence-corrected chi connectivity index (χ0v) is 19.9. The molecule has 0 spiro atoms. The van der Waals surface area contributed by atoms with Gasteiger partial charge >= 0.3 is 5.97 Å². The first-order valence-corrected chi connectivity index (χ1v) is 11.3. The van der Waals surface area contributed by atoms with Gasteiger partial charge in [0.05, 0.1) is 39.2 Å². The van der Waals surface area contributed by atoms with Gasteiger partial charge in [0.1, 0.15) is 17.4 Å². The van der Waals surface area contributed by atoms with Crippen LogP contribution in [0.3, 0.4) is 0 Å². The van der Waals surface area contributed by atoms with E-state index in [-0.39, 0.29) is 12.8 Å². The number of carbonyl (C=O) groups excluding carboxylic acids is 1. The summed E-state index contributed by atoms with van der Waals surface area (Å²) in [5.41, 5.74) is 3.86. The van der Waals surface area contributed by atoms with Crippen molar-refractivity contribution in [3.8, 4) is 40.1 Å². The Morgan fingerprint density at radius 1 is 0.971 bits per heavy atom. The molecular weight excluding hydrogens is 454 g/mol. The van der Waals surface area contributed by atoms with E-state index in [1.807, 2.05) is 25.2 Å². The summed E-state index contributed by atoms with van der Waals surface area (Å²) in [4.78, 5) is 15.3. The average Bonchev–Trinajstić information content (AvgIpc) is 3.63. The van der Waals surface area contributed by atoms with E-state index in [0.717, 1.165) is 35.2 Å². The second-order valence-electron chi connectivity index (χ2n) is 8.61. The zero-order chi connectivity index (χ0) is 24.3. The van der Waals surface area contributed by atoms with Crippen LogP contribution < -0.4 is 23.7 Å². The summed E-state index contributed by atoms with van der Waals surface area (Å²) in [7, 11) is 6.67. The lowest BCUT2D eigenvalue weighted by Gasteiger charge is -2.39. The smallest absolute Gasteiger partial charge is 0.343 e. The highest BCUT2D eigenvalue weighted by molar-refractivity contribution is 5.98. The molecule has 9 nitrogen and oxygen atoms in total. The van der Waals surface area contributed by atoms with Crippen molar-refractivity contribution in [2.45, 2.75) is 18.6 Å². The largest absolute Gasteiger partial charge is 0.493 e.